The summed E-state index contributed by atoms with van der Waals surface area (Å²) in [5.74, 6) is 1.65. The van der Waals surface area contributed by atoms with E-state index >= 15 is 0 Å². The summed E-state index contributed by atoms with van der Waals surface area (Å²) in [5, 5.41) is 7.14. The molecule has 2 rings (SSSR count). The summed E-state index contributed by atoms with van der Waals surface area (Å²) >= 11 is 1.82. The molecule has 1 aliphatic carbocycles. The van der Waals surface area contributed by atoms with E-state index in [4.69, 9.17) is 0 Å². The highest BCUT2D eigenvalue weighted by molar-refractivity contribution is 7.09. The van der Waals surface area contributed by atoms with Crippen molar-refractivity contribution in [1.29, 1.82) is 0 Å². The second-order valence-electron chi connectivity index (χ2n) is 6.92. The quantitative estimate of drug-likeness (QED) is 0.833. The van der Waals surface area contributed by atoms with Gasteiger partial charge in [-0.05, 0) is 52.0 Å². The Balaban J connectivity index is 1.94. The lowest BCUT2D eigenvalue weighted by atomic mass is 9.85. The molecule has 0 amide bonds. The lowest BCUT2D eigenvalue weighted by Gasteiger charge is -2.29. The van der Waals surface area contributed by atoms with Crippen LogP contribution in [0, 0.1) is 11.8 Å². The van der Waals surface area contributed by atoms with E-state index in [9.17, 15) is 0 Å². The van der Waals surface area contributed by atoms with Gasteiger partial charge in [0.05, 0.1) is 5.01 Å². The summed E-state index contributed by atoms with van der Waals surface area (Å²) in [6.45, 7) is 7.96. The molecule has 1 aromatic heterocycles. The Hall–Kier alpha value is -0.410. The van der Waals surface area contributed by atoms with Gasteiger partial charge in [0, 0.05) is 23.5 Å². The number of hydrogen-bond acceptors (Lipinski definition) is 3. The summed E-state index contributed by atoms with van der Waals surface area (Å²) in [7, 11) is 0. The third kappa shape index (κ3) is 5.23. The molecule has 0 bridgehead atoms. The minimum Gasteiger partial charge on any atom is -0.312 e. The maximum absolute atomic E-state index is 4.48. The number of hydrogen-bond donors (Lipinski definition) is 1. The molecule has 1 saturated carbocycles. The summed E-state index contributed by atoms with van der Waals surface area (Å²) in [6.07, 6.45) is 10.1. The summed E-state index contributed by atoms with van der Waals surface area (Å²) in [6, 6.07) is 0. The van der Waals surface area contributed by atoms with Crippen LogP contribution in [0.15, 0.2) is 11.6 Å². The van der Waals surface area contributed by atoms with Crippen LogP contribution in [0.2, 0.25) is 0 Å². The Morgan fingerprint density at radius 1 is 1.21 bits per heavy atom. The molecule has 1 aromatic rings. The fourth-order valence-electron chi connectivity index (χ4n) is 3.01. The molecular weight excluding hydrogens is 252 g/mol. The summed E-state index contributed by atoms with van der Waals surface area (Å²) < 4.78 is 0. The van der Waals surface area contributed by atoms with Gasteiger partial charge in [-0.3, -0.25) is 0 Å². The van der Waals surface area contributed by atoms with Gasteiger partial charge < -0.3 is 5.32 Å². The van der Waals surface area contributed by atoms with E-state index in [1.165, 1.54) is 50.1 Å². The maximum atomic E-state index is 4.48. The van der Waals surface area contributed by atoms with Crippen molar-refractivity contribution in [3.8, 4) is 0 Å². The predicted molar refractivity (Wildman–Crippen MR) is 83.6 cm³/mol. The first-order valence-electron chi connectivity index (χ1n) is 7.68. The molecule has 108 valence electrons. The lowest BCUT2D eigenvalue weighted by molar-refractivity contribution is 0.269. The van der Waals surface area contributed by atoms with Crippen LogP contribution in [0.25, 0.3) is 0 Å². The van der Waals surface area contributed by atoms with Crippen LogP contribution in [0.4, 0.5) is 0 Å². The molecule has 1 heterocycles. The number of nitrogens with zero attached hydrogens (tertiary/aromatic N) is 1. The van der Waals surface area contributed by atoms with Crippen LogP contribution >= 0.6 is 11.3 Å². The Morgan fingerprint density at radius 2 is 1.95 bits per heavy atom. The number of rotatable bonds is 4. The van der Waals surface area contributed by atoms with Crippen LogP contribution in [-0.2, 0) is 6.42 Å². The van der Waals surface area contributed by atoms with Gasteiger partial charge in [-0.25, -0.2) is 4.98 Å². The van der Waals surface area contributed by atoms with Crippen molar-refractivity contribution in [1.82, 2.24) is 10.3 Å². The normalized spacial score (nSPS) is 25.2. The van der Waals surface area contributed by atoms with Gasteiger partial charge in [-0.15, -0.1) is 11.3 Å². The molecule has 3 heteroatoms. The third-order valence-electron chi connectivity index (χ3n) is 4.13. The Bertz CT molecular complexity index is 353. The largest absolute Gasteiger partial charge is 0.312 e. The van der Waals surface area contributed by atoms with Gasteiger partial charge in [-0.1, -0.05) is 19.3 Å². The molecule has 0 spiro atoms. The topological polar surface area (TPSA) is 24.9 Å². The SMILES string of the molecule is CC(C)(C)NCC1CCCCCC1Cc1nccs1. The second kappa shape index (κ2) is 6.85. The van der Waals surface area contributed by atoms with E-state index in [0.29, 0.717) is 0 Å². The maximum Gasteiger partial charge on any atom is 0.0927 e. The van der Waals surface area contributed by atoms with E-state index in [-0.39, 0.29) is 5.54 Å². The first kappa shape index (κ1) is 15.0. The molecule has 1 N–H and O–H groups in total. The molecule has 2 atom stereocenters. The molecule has 2 nitrogen and oxygen atoms in total. The van der Waals surface area contributed by atoms with Crippen LogP contribution in [0.3, 0.4) is 0 Å². The molecule has 2 unspecified atom stereocenters. The predicted octanol–water partition coefficient (Wildman–Crippen LogP) is 4.27. The van der Waals surface area contributed by atoms with Crippen molar-refractivity contribution in [2.75, 3.05) is 6.54 Å². The lowest BCUT2D eigenvalue weighted by Crippen LogP contribution is -2.40. The van der Waals surface area contributed by atoms with Crippen molar-refractivity contribution in [2.24, 2.45) is 11.8 Å². The van der Waals surface area contributed by atoms with Gasteiger partial charge in [0.2, 0.25) is 0 Å². The molecule has 0 radical (unpaired) electrons. The summed E-state index contributed by atoms with van der Waals surface area (Å²) in [5.41, 5.74) is 0.234. The zero-order valence-electron chi connectivity index (χ0n) is 12.6. The average Bonchev–Trinajstić information content (AvgIpc) is 2.73. The van der Waals surface area contributed by atoms with Crippen molar-refractivity contribution < 1.29 is 0 Å². The van der Waals surface area contributed by atoms with Crippen molar-refractivity contribution in [2.45, 2.75) is 64.8 Å². The molecule has 0 saturated heterocycles. The highest BCUT2D eigenvalue weighted by Crippen LogP contribution is 2.31. The van der Waals surface area contributed by atoms with E-state index in [0.717, 1.165) is 11.8 Å². The monoisotopic (exact) mass is 280 g/mol. The molecule has 1 fully saturated rings. The molecule has 19 heavy (non-hydrogen) atoms. The number of thiazole rings is 1. The van der Waals surface area contributed by atoms with Gasteiger partial charge in [-0.2, -0.15) is 0 Å². The Kier molecular flexibility index (Phi) is 5.40. The van der Waals surface area contributed by atoms with Gasteiger partial charge in [0.1, 0.15) is 0 Å². The van der Waals surface area contributed by atoms with Gasteiger partial charge in [0.15, 0.2) is 0 Å². The first-order valence-corrected chi connectivity index (χ1v) is 8.56. The fraction of sp³-hybridized carbons (Fsp3) is 0.812. The molecule has 0 aromatic carbocycles. The van der Waals surface area contributed by atoms with E-state index in [1.54, 1.807) is 0 Å². The third-order valence-corrected chi connectivity index (χ3v) is 4.93. The van der Waals surface area contributed by atoms with Crippen LogP contribution in [0.5, 0.6) is 0 Å². The smallest absolute Gasteiger partial charge is 0.0927 e. The first-order chi connectivity index (χ1) is 9.04. The highest BCUT2D eigenvalue weighted by atomic mass is 32.1. The highest BCUT2D eigenvalue weighted by Gasteiger charge is 2.25. The number of aromatic nitrogens is 1. The fourth-order valence-corrected chi connectivity index (χ4v) is 3.72. The van der Waals surface area contributed by atoms with Crippen LogP contribution < -0.4 is 5.32 Å². The Morgan fingerprint density at radius 3 is 2.58 bits per heavy atom. The van der Waals surface area contributed by atoms with Gasteiger partial charge in [0.25, 0.3) is 0 Å². The minimum atomic E-state index is 0.234. The zero-order valence-corrected chi connectivity index (χ0v) is 13.4. The van der Waals surface area contributed by atoms with Crippen LogP contribution in [-0.4, -0.2) is 17.1 Å². The minimum absolute atomic E-state index is 0.234. The zero-order chi connectivity index (χ0) is 13.7. The van der Waals surface area contributed by atoms with Crippen molar-refractivity contribution in [3.05, 3.63) is 16.6 Å². The molecular formula is C16H28N2S. The van der Waals surface area contributed by atoms with E-state index in [2.05, 4.69) is 36.5 Å². The summed E-state index contributed by atoms with van der Waals surface area (Å²) in [4.78, 5) is 4.48. The van der Waals surface area contributed by atoms with Crippen molar-refractivity contribution >= 4 is 11.3 Å². The van der Waals surface area contributed by atoms with E-state index < -0.39 is 0 Å². The standard InChI is InChI=1S/C16H28N2S/c1-16(2,3)18-12-14-8-6-4-5-7-13(14)11-15-17-9-10-19-15/h9-10,13-14,18H,4-8,11-12H2,1-3H3. The average molecular weight is 280 g/mol. The van der Waals surface area contributed by atoms with Crippen molar-refractivity contribution in [3.63, 3.8) is 0 Å². The van der Waals surface area contributed by atoms with Gasteiger partial charge >= 0.3 is 0 Å². The van der Waals surface area contributed by atoms with E-state index in [1.807, 2.05) is 17.5 Å². The molecule has 0 aliphatic heterocycles. The second-order valence-corrected chi connectivity index (χ2v) is 7.90. The Labute approximate surface area is 122 Å². The molecule has 1 aliphatic rings. The van der Waals surface area contributed by atoms with Crippen LogP contribution in [0.1, 0.15) is 57.9 Å². The number of nitrogens with one attached hydrogen (secondary N) is 1.